The Balaban J connectivity index is 1.25. The molecule has 0 aromatic heterocycles. The quantitative estimate of drug-likeness (QED) is 0.221. The number of ether oxygens (including phenoxy) is 1. The van der Waals surface area contributed by atoms with Gasteiger partial charge in [-0.25, -0.2) is 4.39 Å². The van der Waals surface area contributed by atoms with E-state index in [0.717, 1.165) is 48.3 Å². The first-order valence-electron chi connectivity index (χ1n) is 25.1. The van der Waals surface area contributed by atoms with Crippen molar-refractivity contribution in [1.82, 2.24) is 30.2 Å². The Morgan fingerprint density at radius 2 is 1.55 bits per heavy atom. The van der Waals surface area contributed by atoms with Crippen molar-refractivity contribution in [3.05, 3.63) is 53.1 Å². The first-order valence-corrected chi connectivity index (χ1v) is 25.5. The van der Waals surface area contributed by atoms with Gasteiger partial charge in [-0.1, -0.05) is 69.3 Å². The molecule has 0 unspecified atom stereocenters. The molecule has 71 heavy (non-hydrogen) atoms. The van der Waals surface area contributed by atoms with Gasteiger partial charge < -0.3 is 39.9 Å². The summed E-state index contributed by atoms with van der Waals surface area (Å²) in [5.74, 6) is -4.89. The second kappa shape index (κ2) is 23.7. The summed E-state index contributed by atoms with van der Waals surface area (Å²) < 4.78 is 62.1. The fraction of sp³-hybridized carbons (Fsp3) is 0.654. The lowest BCUT2D eigenvalue weighted by molar-refractivity contribution is -0.217. The number of carbonyl (C=O) groups is 6. The highest BCUT2D eigenvalue weighted by molar-refractivity contribution is 6.30. The number of likely N-dealkylation sites (N-methyl/N-ethyl adjacent to an activating group) is 3. The van der Waals surface area contributed by atoms with Gasteiger partial charge in [0.25, 0.3) is 0 Å². The molecule has 1 aliphatic carbocycles. The maximum atomic E-state index is 14.9. The van der Waals surface area contributed by atoms with E-state index in [2.05, 4.69) is 27.7 Å². The molecule has 2 N–H and O–H groups in total. The molecule has 3 heterocycles. The number of nitrogens with one attached hydrogen (secondary N) is 2. The Morgan fingerprint density at radius 3 is 2.18 bits per heavy atom. The van der Waals surface area contributed by atoms with Gasteiger partial charge in [0, 0.05) is 64.3 Å². The highest BCUT2D eigenvalue weighted by Crippen LogP contribution is 2.41. The average molecular weight is 1020 g/mol. The number of halogens is 5. The molecular weight excluding hydrogens is 946 g/mol. The molecule has 6 rings (SSSR count). The van der Waals surface area contributed by atoms with Gasteiger partial charge >= 0.3 is 6.18 Å². The highest BCUT2D eigenvalue weighted by Gasteiger charge is 2.57. The second-order valence-corrected chi connectivity index (χ2v) is 21.3. The zero-order valence-corrected chi connectivity index (χ0v) is 42.9. The summed E-state index contributed by atoms with van der Waals surface area (Å²) in [4.78, 5) is 93.0. The number of amides is 6. The van der Waals surface area contributed by atoms with Crippen LogP contribution in [0.4, 0.5) is 23.2 Å². The van der Waals surface area contributed by atoms with Gasteiger partial charge in [-0.15, -0.1) is 0 Å². The summed E-state index contributed by atoms with van der Waals surface area (Å²) in [6, 6.07) is 7.67. The lowest BCUT2D eigenvalue weighted by Gasteiger charge is -2.36. The van der Waals surface area contributed by atoms with Crippen molar-refractivity contribution in [2.75, 3.05) is 65.4 Å². The van der Waals surface area contributed by atoms with Crippen molar-refractivity contribution < 1.29 is 51.1 Å². The maximum absolute atomic E-state index is 14.9. The summed E-state index contributed by atoms with van der Waals surface area (Å²) in [7, 11) is 4.74. The highest BCUT2D eigenvalue weighted by atomic mass is 35.5. The van der Waals surface area contributed by atoms with Crippen LogP contribution in [-0.2, 0) is 39.9 Å². The van der Waals surface area contributed by atoms with Crippen LogP contribution in [0.1, 0.15) is 97.5 Å². The SMILES string of the molecule is CC(C)C[C@@H]1NC(=O)[C@@H](N(C)C(=O)[C@@H](NC(=O)[C@@H]2C[C@@H](F)CN2C(=O)C(C)(C)C(F)(F)F)C2CC2)CCCCCCCN(C)C(=O)[C@H](Cc2cc(Cl)ccc2-c2ccc(N3CCOCC3)cc2)N(C)C1=O. The van der Waals surface area contributed by atoms with Crippen LogP contribution < -0.4 is 15.5 Å². The minimum Gasteiger partial charge on any atom is -0.378 e. The predicted molar refractivity (Wildman–Crippen MR) is 263 cm³/mol. The van der Waals surface area contributed by atoms with E-state index in [4.69, 9.17) is 16.3 Å². The third-order valence-electron chi connectivity index (χ3n) is 14.6. The van der Waals surface area contributed by atoms with Crippen LogP contribution in [0.2, 0.25) is 5.02 Å². The van der Waals surface area contributed by atoms with Crippen LogP contribution in [0, 0.1) is 17.3 Å². The van der Waals surface area contributed by atoms with E-state index < -0.39 is 90.5 Å². The zero-order chi connectivity index (χ0) is 51.9. The summed E-state index contributed by atoms with van der Waals surface area (Å²) in [6.07, 6.45) is -2.21. The number of hydrogen-bond acceptors (Lipinski definition) is 8. The number of morpholine rings is 1. The normalized spacial score (nSPS) is 24.2. The number of rotatable bonds is 12. The third-order valence-corrected chi connectivity index (χ3v) is 14.9. The molecule has 392 valence electrons. The number of anilines is 1. The Kier molecular flexibility index (Phi) is 18.5. The Morgan fingerprint density at radius 1 is 0.901 bits per heavy atom. The van der Waals surface area contributed by atoms with Crippen molar-refractivity contribution in [3.63, 3.8) is 0 Å². The molecule has 0 spiro atoms. The average Bonchev–Trinajstić information content (AvgIpc) is 4.10. The van der Waals surface area contributed by atoms with Crippen LogP contribution >= 0.6 is 11.6 Å². The van der Waals surface area contributed by atoms with Crippen LogP contribution in [0.5, 0.6) is 0 Å². The van der Waals surface area contributed by atoms with Gasteiger partial charge in [0.05, 0.1) is 19.8 Å². The molecule has 0 bridgehead atoms. The van der Waals surface area contributed by atoms with Crippen molar-refractivity contribution in [3.8, 4) is 11.1 Å². The van der Waals surface area contributed by atoms with E-state index in [1.54, 1.807) is 25.1 Å². The molecule has 6 amide bonds. The molecule has 14 nitrogen and oxygen atoms in total. The number of likely N-dealkylation sites (tertiary alicyclic amines) is 1. The summed E-state index contributed by atoms with van der Waals surface area (Å²) in [6.45, 7) is 7.78. The monoisotopic (exact) mass is 1020 g/mol. The number of alkyl halides is 4. The van der Waals surface area contributed by atoms with Gasteiger partial charge in [-0.05, 0) is 98.7 Å². The largest absolute Gasteiger partial charge is 0.402 e. The van der Waals surface area contributed by atoms with Crippen molar-refractivity contribution in [2.24, 2.45) is 17.3 Å². The summed E-state index contributed by atoms with van der Waals surface area (Å²) in [5, 5.41) is 6.07. The van der Waals surface area contributed by atoms with Crippen molar-refractivity contribution in [2.45, 2.75) is 141 Å². The molecule has 4 fully saturated rings. The van der Waals surface area contributed by atoms with E-state index in [1.807, 2.05) is 38.1 Å². The minimum absolute atomic E-state index is 0.0973. The van der Waals surface area contributed by atoms with Crippen LogP contribution in [-0.4, -0.2) is 158 Å². The van der Waals surface area contributed by atoms with E-state index in [0.29, 0.717) is 75.6 Å². The Hall–Kier alpha value is -4.97. The van der Waals surface area contributed by atoms with Crippen LogP contribution in [0.3, 0.4) is 0 Å². The van der Waals surface area contributed by atoms with E-state index >= 15 is 0 Å². The van der Waals surface area contributed by atoms with Crippen molar-refractivity contribution >= 4 is 52.7 Å². The van der Waals surface area contributed by atoms with E-state index in [1.165, 1.54) is 16.8 Å². The van der Waals surface area contributed by atoms with Crippen LogP contribution in [0.15, 0.2) is 42.5 Å². The van der Waals surface area contributed by atoms with Gasteiger partial charge in [-0.3, -0.25) is 28.8 Å². The molecule has 4 aliphatic rings. The fourth-order valence-corrected chi connectivity index (χ4v) is 10.1. The molecule has 3 saturated heterocycles. The Labute approximate surface area is 420 Å². The van der Waals surface area contributed by atoms with Gasteiger partial charge in [0.15, 0.2) is 0 Å². The lowest BCUT2D eigenvalue weighted by atomic mass is 9.90. The van der Waals surface area contributed by atoms with Crippen LogP contribution in [0.25, 0.3) is 11.1 Å². The first kappa shape index (κ1) is 55.3. The maximum Gasteiger partial charge on any atom is 0.402 e. The van der Waals surface area contributed by atoms with E-state index in [-0.39, 0.29) is 37.0 Å². The minimum atomic E-state index is -4.97. The zero-order valence-electron chi connectivity index (χ0n) is 42.2. The number of hydrogen-bond donors (Lipinski definition) is 2. The standard InChI is InChI=1S/C52H72ClF4N7O7/c1-32(2)27-40-47(67)62(7)43(29-35-28-36(53)18-21-39(35)33-16-19-38(20-17-33)63-23-25-71-26-24-63)48(68)60(5)22-12-10-8-9-11-13-41(45(65)58-40)61(6)49(69)44(34-14-15-34)59-46(66)42-30-37(54)31-64(42)50(70)51(3,4)52(55,56)57/h16-21,28,32,34,37,40-44H,8-15,22-27,29-31H2,1-7H3,(H,58,65)(H,59,66)/t37-,40+,41+,42+,43+,44+/m1/s1. The molecule has 0 radical (unpaired) electrons. The number of benzene rings is 2. The Bertz CT molecular complexity index is 2220. The molecule has 3 aliphatic heterocycles. The molecule has 19 heteroatoms. The molecule has 1 saturated carbocycles. The lowest BCUT2D eigenvalue weighted by Crippen LogP contribution is -2.60. The molecular formula is C52H72ClF4N7O7. The molecule has 2 aromatic carbocycles. The molecule has 2 aromatic rings. The predicted octanol–water partition coefficient (Wildman–Crippen LogP) is 6.81. The summed E-state index contributed by atoms with van der Waals surface area (Å²) in [5.41, 5.74) is 0.674. The first-order chi connectivity index (χ1) is 33.5. The number of nitrogens with zero attached hydrogens (tertiary/aromatic N) is 5. The number of carbonyl (C=O) groups excluding carboxylic acids is 6. The smallest absolute Gasteiger partial charge is 0.378 e. The fourth-order valence-electron chi connectivity index (χ4n) is 9.90. The van der Waals surface area contributed by atoms with E-state index in [9.17, 15) is 46.3 Å². The van der Waals surface area contributed by atoms with Crippen molar-refractivity contribution in [1.29, 1.82) is 0 Å². The third kappa shape index (κ3) is 13.6. The molecule has 6 atom stereocenters. The second-order valence-electron chi connectivity index (χ2n) is 20.8. The topological polar surface area (TPSA) is 152 Å². The van der Waals surface area contributed by atoms with Gasteiger partial charge in [0.2, 0.25) is 35.4 Å². The van der Waals surface area contributed by atoms with Gasteiger partial charge in [-0.2, -0.15) is 13.2 Å². The summed E-state index contributed by atoms with van der Waals surface area (Å²) >= 11 is 6.64. The van der Waals surface area contributed by atoms with Gasteiger partial charge in [0.1, 0.15) is 41.8 Å².